The summed E-state index contributed by atoms with van der Waals surface area (Å²) in [5.41, 5.74) is -0.126. The summed E-state index contributed by atoms with van der Waals surface area (Å²) in [6.45, 7) is 8.73. The molecule has 100 valence electrons. The molecule has 2 rings (SSSR count). The Hall–Kier alpha value is -1.01. The van der Waals surface area contributed by atoms with Crippen molar-refractivity contribution in [2.75, 3.05) is 13.1 Å². The van der Waals surface area contributed by atoms with Crippen LogP contribution in [0.4, 0.5) is 0 Å². The van der Waals surface area contributed by atoms with E-state index in [9.17, 15) is 9.90 Å². The van der Waals surface area contributed by atoms with Gasteiger partial charge in [-0.3, -0.25) is 4.79 Å². The van der Waals surface area contributed by atoms with Crippen LogP contribution < -0.4 is 0 Å². The number of hydrogen-bond acceptors (Lipinski definition) is 5. The monoisotopic (exact) mass is 269 g/mol. The third kappa shape index (κ3) is 2.03. The minimum absolute atomic E-state index is 0.0640. The molecule has 0 aromatic carbocycles. The second kappa shape index (κ2) is 4.59. The molecule has 0 bridgehead atoms. The normalized spacial score (nSPS) is 28.1. The minimum atomic E-state index is -0.790. The van der Waals surface area contributed by atoms with Crippen molar-refractivity contribution in [2.45, 2.75) is 33.3 Å². The van der Waals surface area contributed by atoms with Crippen LogP contribution in [0, 0.1) is 18.8 Å². The molecule has 2 heterocycles. The Morgan fingerprint density at radius 3 is 2.72 bits per heavy atom. The number of aliphatic hydroxyl groups is 1. The molecule has 1 N–H and O–H groups in total. The summed E-state index contributed by atoms with van der Waals surface area (Å²) in [6, 6.07) is 0. The lowest BCUT2D eigenvalue weighted by Crippen LogP contribution is -2.43. The van der Waals surface area contributed by atoms with E-state index < -0.39 is 5.60 Å². The number of β-amino-alcohol motifs (C(OH)–C–C–N with tert-alkyl or cyclic N) is 1. The Kier molecular flexibility index (Phi) is 3.42. The van der Waals surface area contributed by atoms with Crippen LogP contribution in [0.15, 0.2) is 0 Å². The maximum absolute atomic E-state index is 12.3. The molecule has 2 atom stereocenters. The Balaban J connectivity index is 2.19. The predicted molar refractivity (Wildman–Crippen MR) is 69.5 cm³/mol. The van der Waals surface area contributed by atoms with E-state index in [1.807, 2.05) is 20.8 Å². The lowest BCUT2D eigenvalue weighted by molar-refractivity contribution is -0.0243. The molecule has 1 amide bonds. The zero-order valence-corrected chi connectivity index (χ0v) is 12.0. The van der Waals surface area contributed by atoms with Gasteiger partial charge in [0, 0.05) is 12.5 Å². The quantitative estimate of drug-likeness (QED) is 0.879. The van der Waals surface area contributed by atoms with E-state index in [2.05, 4.69) is 9.59 Å². The largest absolute Gasteiger partial charge is 0.387 e. The van der Waals surface area contributed by atoms with Crippen LogP contribution in [0.5, 0.6) is 0 Å². The zero-order valence-electron chi connectivity index (χ0n) is 11.2. The van der Waals surface area contributed by atoms with E-state index in [0.717, 1.165) is 11.5 Å². The molecule has 0 radical (unpaired) electrons. The van der Waals surface area contributed by atoms with Crippen LogP contribution in [0.25, 0.3) is 0 Å². The first kappa shape index (κ1) is 13.4. The molecule has 0 unspecified atom stereocenters. The predicted octanol–water partition coefficient (Wildman–Crippen LogP) is 1.33. The van der Waals surface area contributed by atoms with Crippen molar-refractivity contribution in [2.24, 2.45) is 11.8 Å². The number of carbonyl (C=O) groups excluding carboxylic acids is 1. The van der Waals surface area contributed by atoms with Crippen LogP contribution in [0.2, 0.25) is 0 Å². The third-order valence-corrected chi connectivity index (χ3v) is 4.74. The van der Waals surface area contributed by atoms with Crippen LogP contribution in [0.3, 0.4) is 0 Å². The fourth-order valence-electron chi connectivity index (χ4n) is 2.49. The number of aryl methyl sites for hydroxylation is 1. The summed E-state index contributed by atoms with van der Waals surface area (Å²) < 4.78 is 3.79. The van der Waals surface area contributed by atoms with Gasteiger partial charge in [-0.25, -0.2) is 0 Å². The second-order valence-electron chi connectivity index (χ2n) is 5.42. The van der Waals surface area contributed by atoms with Gasteiger partial charge in [-0.2, -0.15) is 0 Å². The molecule has 6 heteroatoms. The molecular weight excluding hydrogens is 250 g/mol. The summed E-state index contributed by atoms with van der Waals surface area (Å²) in [7, 11) is 0. The highest BCUT2D eigenvalue weighted by molar-refractivity contribution is 7.07. The molecule has 1 saturated heterocycles. The Labute approximate surface area is 111 Å². The number of amides is 1. The molecular formula is C12H19N3O2S. The van der Waals surface area contributed by atoms with Crippen LogP contribution in [0.1, 0.15) is 36.1 Å². The van der Waals surface area contributed by atoms with Gasteiger partial charge in [0.25, 0.3) is 5.91 Å². The molecule has 1 aliphatic heterocycles. The van der Waals surface area contributed by atoms with Gasteiger partial charge < -0.3 is 10.0 Å². The van der Waals surface area contributed by atoms with Gasteiger partial charge in [-0.15, -0.1) is 5.10 Å². The average Bonchev–Trinajstić information content (AvgIpc) is 2.84. The molecule has 5 nitrogen and oxygen atoms in total. The standard InChI is InChI=1S/C12H19N3O2S/c1-7(2)12(17)6-15(5-8(12)3)11(16)10-9(4)13-14-18-10/h7-8,17H,5-6H2,1-4H3/t8-,12-/m0/s1. The van der Waals surface area contributed by atoms with Crippen LogP contribution >= 0.6 is 11.5 Å². The lowest BCUT2D eigenvalue weighted by Gasteiger charge is -2.30. The smallest absolute Gasteiger partial charge is 0.267 e. The van der Waals surface area contributed by atoms with Crippen molar-refractivity contribution in [1.82, 2.24) is 14.5 Å². The van der Waals surface area contributed by atoms with Gasteiger partial charge in [-0.05, 0) is 24.4 Å². The first-order chi connectivity index (χ1) is 8.36. The Morgan fingerprint density at radius 2 is 2.28 bits per heavy atom. The van der Waals surface area contributed by atoms with Crippen molar-refractivity contribution >= 4 is 17.4 Å². The van der Waals surface area contributed by atoms with Crippen LogP contribution in [-0.2, 0) is 0 Å². The summed E-state index contributed by atoms with van der Waals surface area (Å²) in [5, 5.41) is 14.5. The molecule has 0 aliphatic carbocycles. The fourth-order valence-corrected chi connectivity index (χ4v) is 3.12. The summed E-state index contributed by atoms with van der Waals surface area (Å²) in [5.74, 6) is 0.152. The number of nitrogens with zero attached hydrogens (tertiary/aromatic N) is 3. The first-order valence-corrected chi connectivity index (χ1v) is 6.94. The highest BCUT2D eigenvalue weighted by atomic mass is 32.1. The molecule has 1 fully saturated rings. The zero-order chi connectivity index (χ0) is 13.5. The number of likely N-dealkylation sites (tertiary alicyclic amines) is 1. The van der Waals surface area contributed by atoms with Crippen molar-refractivity contribution < 1.29 is 9.90 Å². The van der Waals surface area contributed by atoms with Crippen molar-refractivity contribution in [3.05, 3.63) is 10.6 Å². The van der Waals surface area contributed by atoms with Gasteiger partial charge in [0.15, 0.2) is 0 Å². The number of hydrogen-bond donors (Lipinski definition) is 1. The van der Waals surface area contributed by atoms with Gasteiger partial charge >= 0.3 is 0 Å². The van der Waals surface area contributed by atoms with Crippen LogP contribution in [-0.4, -0.2) is 44.2 Å². The Bertz CT molecular complexity index is 460. The number of rotatable bonds is 2. The van der Waals surface area contributed by atoms with E-state index >= 15 is 0 Å². The first-order valence-electron chi connectivity index (χ1n) is 6.17. The molecule has 1 aromatic rings. The van der Waals surface area contributed by atoms with E-state index in [4.69, 9.17) is 0 Å². The highest BCUT2D eigenvalue weighted by Gasteiger charge is 2.46. The SMILES string of the molecule is Cc1nnsc1C(=O)N1C[C@H](C)[C@@](O)(C(C)C)C1. The van der Waals surface area contributed by atoms with Crippen molar-refractivity contribution in [3.63, 3.8) is 0 Å². The van der Waals surface area contributed by atoms with Crippen molar-refractivity contribution in [1.29, 1.82) is 0 Å². The molecule has 18 heavy (non-hydrogen) atoms. The maximum Gasteiger partial charge on any atom is 0.267 e. The molecule has 1 aromatic heterocycles. The summed E-state index contributed by atoms with van der Waals surface area (Å²) in [4.78, 5) is 14.6. The summed E-state index contributed by atoms with van der Waals surface area (Å²) in [6.07, 6.45) is 0. The molecule has 0 saturated carbocycles. The Morgan fingerprint density at radius 1 is 1.61 bits per heavy atom. The highest BCUT2D eigenvalue weighted by Crippen LogP contribution is 2.34. The maximum atomic E-state index is 12.3. The molecule has 1 aliphatic rings. The van der Waals surface area contributed by atoms with Crippen molar-refractivity contribution in [3.8, 4) is 0 Å². The van der Waals surface area contributed by atoms with E-state index in [1.54, 1.807) is 11.8 Å². The van der Waals surface area contributed by atoms with E-state index in [0.29, 0.717) is 23.7 Å². The summed E-state index contributed by atoms with van der Waals surface area (Å²) >= 11 is 1.12. The molecule has 0 spiro atoms. The topological polar surface area (TPSA) is 66.3 Å². The second-order valence-corrected chi connectivity index (χ2v) is 6.17. The lowest BCUT2D eigenvalue weighted by atomic mass is 9.82. The van der Waals surface area contributed by atoms with E-state index in [1.165, 1.54) is 0 Å². The third-order valence-electron chi connectivity index (χ3n) is 3.92. The minimum Gasteiger partial charge on any atom is -0.387 e. The van der Waals surface area contributed by atoms with E-state index in [-0.39, 0.29) is 17.7 Å². The van der Waals surface area contributed by atoms with Gasteiger partial charge in [0.05, 0.1) is 17.8 Å². The van der Waals surface area contributed by atoms with Gasteiger partial charge in [-0.1, -0.05) is 25.3 Å². The van der Waals surface area contributed by atoms with Gasteiger partial charge in [0.1, 0.15) is 4.88 Å². The fraction of sp³-hybridized carbons (Fsp3) is 0.750. The number of aromatic nitrogens is 2. The average molecular weight is 269 g/mol. The van der Waals surface area contributed by atoms with Gasteiger partial charge in [0.2, 0.25) is 0 Å². The number of carbonyl (C=O) groups is 1.